The molecule has 1 unspecified atom stereocenters. The van der Waals surface area contributed by atoms with E-state index in [1.807, 2.05) is 45.0 Å². The number of nitrogens with zero attached hydrogens (tertiary/aromatic N) is 2. The van der Waals surface area contributed by atoms with Crippen LogP contribution in [-0.4, -0.2) is 52.7 Å². The lowest BCUT2D eigenvalue weighted by atomic mass is 10.1. The van der Waals surface area contributed by atoms with Crippen molar-refractivity contribution in [3.8, 4) is 5.75 Å². The average molecular weight is 412 g/mol. The quantitative estimate of drug-likeness (QED) is 0.807. The first kappa shape index (κ1) is 20.4. The highest BCUT2D eigenvalue weighted by molar-refractivity contribution is 5.97. The number of pyridine rings is 1. The van der Waals surface area contributed by atoms with E-state index >= 15 is 0 Å². The van der Waals surface area contributed by atoms with Gasteiger partial charge in [-0.05, 0) is 58.6 Å². The minimum absolute atomic E-state index is 0.0597. The Morgan fingerprint density at radius 2 is 1.97 bits per heavy atom. The molecule has 1 atom stereocenters. The Labute approximate surface area is 176 Å². The third-order valence-corrected chi connectivity index (χ3v) is 5.26. The number of para-hydroxylation sites is 1. The van der Waals surface area contributed by atoms with E-state index in [1.165, 1.54) is 0 Å². The number of likely N-dealkylation sites (tertiary alicyclic amines) is 1. The lowest BCUT2D eigenvalue weighted by Gasteiger charge is -2.28. The number of rotatable bonds is 5. The summed E-state index contributed by atoms with van der Waals surface area (Å²) in [6.07, 6.45) is 3.50. The van der Waals surface area contributed by atoms with Crippen molar-refractivity contribution in [1.82, 2.24) is 15.2 Å². The van der Waals surface area contributed by atoms with Crippen molar-refractivity contribution in [3.05, 3.63) is 36.0 Å². The molecule has 0 bridgehead atoms. The molecule has 2 amide bonds. The van der Waals surface area contributed by atoms with Crippen molar-refractivity contribution in [3.63, 3.8) is 0 Å². The van der Waals surface area contributed by atoms with Crippen LogP contribution in [0.5, 0.6) is 5.75 Å². The zero-order chi connectivity index (χ0) is 21.3. The van der Waals surface area contributed by atoms with Crippen molar-refractivity contribution in [1.29, 1.82) is 0 Å². The number of amides is 2. The van der Waals surface area contributed by atoms with Crippen LogP contribution in [0.25, 0.3) is 10.9 Å². The van der Waals surface area contributed by atoms with Gasteiger partial charge in [-0.1, -0.05) is 12.1 Å². The molecule has 2 fully saturated rings. The zero-order valence-corrected chi connectivity index (χ0v) is 17.8. The summed E-state index contributed by atoms with van der Waals surface area (Å²) in [4.78, 5) is 31.3. The minimum atomic E-state index is -0.532. The molecule has 1 aromatic heterocycles. The molecule has 2 aromatic rings. The number of fused-ring (bicyclic) bond motifs is 1. The Bertz CT molecular complexity index is 949. The fraction of sp³-hybridized carbons (Fsp3) is 0.522. The van der Waals surface area contributed by atoms with E-state index in [0.717, 1.165) is 31.1 Å². The molecule has 7 nitrogen and oxygen atoms in total. The Hall–Kier alpha value is -2.83. The summed E-state index contributed by atoms with van der Waals surface area (Å²) in [5.41, 5.74) is 0.535. The van der Waals surface area contributed by atoms with Gasteiger partial charge in [0.2, 0.25) is 0 Å². The number of hydrogen-bond acceptors (Lipinski definition) is 5. The molecule has 1 saturated carbocycles. The van der Waals surface area contributed by atoms with Gasteiger partial charge in [0.15, 0.2) is 0 Å². The Morgan fingerprint density at radius 3 is 2.70 bits per heavy atom. The molecule has 1 aromatic carbocycles. The van der Waals surface area contributed by atoms with Crippen LogP contribution < -0.4 is 10.1 Å². The summed E-state index contributed by atoms with van der Waals surface area (Å²) in [7, 11) is 0. The molecule has 1 aliphatic heterocycles. The number of carbonyl (C=O) groups is 2. The number of ether oxygens (including phenoxy) is 2. The maximum absolute atomic E-state index is 12.5. The first-order valence-corrected chi connectivity index (χ1v) is 10.6. The minimum Gasteiger partial charge on any atom is -0.491 e. The molecular weight excluding hydrogens is 382 g/mol. The molecule has 2 heterocycles. The van der Waals surface area contributed by atoms with E-state index in [9.17, 15) is 9.59 Å². The summed E-state index contributed by atoms with van der Waals surface area (Å²) >= 11 is 0. The summed E-state index contributed by atoms with van der Waals surface area (Å²) in [6, 6.07) is 9.52. The van der Waals surface area contributed by atoms with Crippen molar-refractivity contribution < 1.29 is 19.1 Å². The molecule has 1 aliphatic carbocycles. The van der Waals surface area contributed by atoms with Crippen LogP contribution in [0.2, 0.25) is 0 Å². The molecule has 0 radical (unpaired) electrons. The second-order valence-corrected chi connectivity index (χ2v) is 9.05. The number of carbonyl (C=O) groups excluding carboxylic acids is 2. The van der Waals surface area contributed by atoms with E-state index in [1.54, 1.807) is 11.0 Å². The third kappa shape index (κ3) is 4.83. The summed E-state index contributed by atoms with van der Waals surface area (Å²) < 4.78 is 11.7. The van der Waals surface area contributed by atoms with Crippen LogP contribution in [0.15, 0.2) is 30.3 Å². The average Bonchev–Trinajstić information content (AvgIpc) is 3.37. The standard InChI is InChI=1S/C23H29N3O4/c1-23(2,3)30-22(28)26-12-6-7-16(26)14-29-20-13-19(21(27)24-15-10-11-15)25-18-9-5-4-8-17(18)20/h4-5,8-9,13,15-16H,6-7,10-12,14H2,1-3H3,(H,24,27). The number of benzene rings is 1. The SMILES string of the molecule is CC(C)(C)OC(=O)N1CCCC1COc1cc(C(=O)NC2CC2)nc2ccccc12. The van der Waals surface area contributed by atoms with Crippen molar-refractivity contribution in [2.75, 3.05) is 13.2 Å². The van der Waals surface area contributed by atoms with Gasteiger partial charge in [0.1, 0.15) is 23.7 Å². The monoisotopic (exact) mass is 411 g/mol. The predicted molar refractivity (Wildman–Crippen MR) is 114 cm³/mol. The van der Waals surface area contributed by atoms with Crippen LogP contribution in [-0.2, 0) is 4.74 Å². The van der Waals surface area contributed by atoms with Gasteiger partial charge in [-0.15, -0.1) is 0 Å². The van der Waals surface area contributed by atoms with E-state index in [0.29, 0.717) is 30.1 Å². The lowest BCUT2D eigenvalue weighted by molar-refractivity contribution is 0.0188. The zero-order valence-electron chi connectivity index (χ0n) is 17.8. The maximum Gasteiger partial charge on any atom is 0.410 e. The summed E-state index contributed by atoms with van der Waals surface area (Å²) in [5, 5.41) is 3.83. The molecular formula is C23H29N3O4. The van der Waals surface area contributed by atoms with E-state index < -0.39 is 5.60 Å². The van der Waals surface area contributed by atoms with Crippen molar-refractivity contribution in [2.45, 2.75) is 64.1 Å². The topological polar surface area (TPSA) is 80.8 Å². The van der Waals surface area contributed by atoms with Gasteiger partial charge in [-0.3, -0.25) is 4.79 Å². The third-order valence-electron chi connectivity index (χ3n) is 5.26. The van der Waals surface area contributed by atoms with Gasteiger partial charge in [0, 0.05) is 24.0 Å². The Balaban J connectivity index is 1.51. The van der Waals surface area contributed by atoms with Gasteiger partial charge in [-0.2, -0.15) is 0 Å². The van der Waals surface area contributed by atoms with E-state index in [4.69, 9.17) is 9.47 Å². The molecule has 1 N–H and O–H groups in total. The molecule has 0 spiro atoms. The van der Waals surface area contributed by atoms with Crippen LogP contribution in [0.3, 0.4) is 0 Å². The van der Waals surface area contributed by atoms with Gasteiger partial charge >= 0.3 is 6.09 Å². The van der Waals surface area contributed by atoms with E-state index in [-0.39, 0.29) is 24.1 Å². The van der Waals surface area contributed by atoms with Crippen LogP contribution in [0, 0.1) is 0 Å². The molecule has 2 aliphatic rings. The van der Waals surface area contributed by atoms with Gasteiger partial charge in [-0.25, -0.2) is 9.78 Å². The Morgan fingerprint density at radius 1 is 1.20 bits per heavy atom. The van der Waals surface area contributed by atoms with Gasteiger partial charge in [0.05, 0.1) is 11.6 Å². The lowest BCUT2D eigenvalue weighted by Crippen LogP contribution is -2.42. The van der Waals surface area contributed by atoms with Crippen molar-refractivity contribution >= 4 is 22.9 Å². The highest BCUT2D eigenvalue weighted by Gasteiger charge is 2.33. The Kier molecular flexibility index (Phi) is 5.54. The fourth-order valence-electron chi connectivity index (χ4n) is 3.62. The first-order valence-electron chi connectivity index (χ1n) is 10.6. The van der Waals surface area contributed by atoms with Crippen LogP contribution >= 0.6 is 0 Å². The second-order valence-electron chi connectivity index (χ2n) is 9.05. The molecule has 1 saturated heterocycles. The van der Waals surface area contributed by atoms with Crippen LogP contribution in [0.1, 0.15) is 56.9 Å². The first-order chi connectivity index (χ1) is 14.3. The van der Waals surface area contributed by atoms with Gasteiger partial charge in [0.25, 0.3) is 5.91 Å². The number of hydrogen-bond donors (Lipinski definition) is 1. The summed E-state index contributed by atoms with van der Waals surface area (Å²) in [6.45, 7) is 6.60. The molecule has 7 heteroatoms. The predicted octanol–water partition coefficient (Wildman–Crippen LogP) is 3.91. The molecule has 160 valence electrons. The van der Waals surface area contributed by atoms with E-state index in [2.05, 4.69) is 10.3 Å². The summed E-state index contributed by atoms with van der Waals surface area (Å²) in [5.74, 6) is 0.432. The van der Waals surface area contributed by atoms with Crippen LogP contribution in [0.4, 0.5) is 4.79 Å². The maximum atomic E-state index is 12.5. The van der Waals surface area contributed by atoms with Gasteiger partial charge < -0.3 is 19.7 Å². The molecule has 4 rings (SSSR count). The largest absolute Gasteiger partial charge is 0.491 e. The second kappa shape index (κ2) is 8.13. The highest BCUT2D eigenvalue weighted by atomic mass is 16.6. The van der Waals surface area contributed by atoms with Crippen molar-refractivity contribution in [2.24, 2.45) is 0 Å². The molecule has 30 heavy (non-hydrogen) atoms. The normalized spacial score (nSPS) is 19.0. The smallest absolute Gasteiger partial charge is 0.410 e. The highest BCUT2D eigenvalue weighted by Crippen LogP contribution is 2.28. The number of nitrogens with one attached hydrogen (secondary N) is 1. The number of aromatic nitrogens is 1. The fourth-order valence-corrected chi connectivity index (χ4v) is 3.62.